The lowest BCUT2D eigenvalue weighted by Crippen LogP contribution is -2.41. The summed E-state index contributed by atoms with van der Waals surface area (Å²) in [6, 6.07) is 6.72. The number of rotatable bonds is 8. The molecule has 3 aromatic rings. The second kappa shape index (κ2) is 9.48. The summed E-state index contributed by atoms with van der Waals surface area (Å²) in [7, 11) is 3.33. The number of benzene rings is 1. The monoisotopic (exact) mass is 451 g/mol. The topological polar surface area (TPSA) is 107 Å². The lowest BCUT2D eigenvalue weighted by atomic mass is 10.1. The molecule has 0 saturated heterocycles. The Morgan fingerprint density at radius 2 is 1.91 bits per heavy atom. The zero-order valence-corrected chi connectivity index (χ0v) is 19.4. The number of pyridine rings is 1. The van der Waals surface area contributed by atoms with Gasteiger partial charge in [-0.2, -0.15) is 5.10 Å². The van der Waals surface area contributed by atoms with Crippen LogP contribution in [0.3, 0.4) is 0 Å². The number of unbranched alkanes of at least 4 members (excludes halogenated alkanes) is 1. The van der Waals surface area contributed by atoms with Crippen molar-refractivity contribution in [3.05, 3.63) is 46.8 Å². The third kappa shape index (κ3) is 4.76. The molecule has 1 fully saturated rings. The summed E-state index contributed by atoms with van der Waals surface area (Å²) in [6.07, 6.45) is 4.08. The minimum Gasteiger partial charge on any atom is -0.493 e. The minimum atomic E-state index is -0.461. The Morgan fingerprint density at radius 1 is 1.15 bits per heavy atom. The van der Waals surface area contributed by atoms with E-state index in [9.17, 15) is 9.59 Å². The highest BCUT2D eigenvalue weighted by Crippen LogP contribution is 2.40. The molecule has 9 nitrogen and oxygen atoms in total. The maximum Gasteiger partial charge on any atom is 0.270 e. The average Bonchev–Trinajstić information content (AvgIpc) is 3.63. The zero-order chi connectivity index (χ0) is 23.5. The number of methoxy groups -OCH3 is 1. The van der Waals surface area contributed by atoms with Crippen molar-refractivity contribution < 1.29 is 19.1 Å². The fourth-order valence-corrected chi connectivity index (χ4v) is 3.74. The van der Waals surface area contributed by atoms with Gasteiger partial charge < -0.3 is 9.47 Å². The highest BCUT2D eigenvalue weighted by Gasteiger charge is 2.28. The molecule has 33 heavy (non-hydrogen) atoms. The van der Waals surface area contributed by atoms with Crippen LogP contribution in [0.25, 0.3) is 11.0 Å². The van der Waals surface area contributed by atoms with Crippen molar-refractivity contribution in [3.8, 4) is 11.5 Å². The SMILES string of the molecule is CCCCOc1ccc(C(=O)NNC(=O)c2cc(C3CC3)nc3c2c(C)nn3C)cc1OC. The second-order valence-electron chi connectivity index (χ2n) is 8.25. The Morgan fingerprint density at radius 3 is 2.61 bits per heavy atom. The largest absolute Gasteiger partial charge is 0.493 e. The van der Waals surface area contributed by atoms with E-state index in [0.717, 1.165) is 31.4 Å². The van der Waals surface area contributed by atoms with Gasteiger partial charge in [-0.15, -0.1) is 0 Å². The van der Waals surface area contributed by atoms with Gasteiger partial charge in [0.2, 0.25) is 0 Å². The van der Waals surface area contributed by atoms with Crippen LogP contribution in [0, 0.1) is 6.92 Å². The van der Waals surface area contributed by atoms with E-state index in [1.165, 1.54) is 7.11 Å². The molecule has 2 heterocycles. The van der Waals surface area contributed by atoms with E-state index in [0.29, 0.717) is 51.9 Å². The maximum atomic E-state index is 13.0. The molecule has 0 bridgehead atoms. The second-order valence-corrected chi connectivity index (χ2v) is 8.25. The Bertz CT molecular complexity index is 1200. The van der Waals surface area contributed by atoms with Crippen molar-refractivity contribution in [3.63, 3.8) is 0 Å². The van der Waals surface area contributed by atoms with Gasteiger partial charge in [0.05, 0.1) is 30.4 Å². The standard InChI is InChI=1S/C24H29N5O4/c1-5-6-11-33-19-10-9-16(12-20(19)32-4)23(30)26-27-24(31)17-13-18(15-7-8-15)25-22-21(17)14(2)28-29(22)3/h9-10,12-13,15H,5-8,11H2,1-4H3,(H,26,30)(H,27,31). The van der Waals surface area contributed by atoms with Crippen LogP contribution in [0.1, 0.15) is 70.6 Å². The molecule has 0 unspecified atom stereocenters. The maximum absolute atomic E-state index is 13.0. The smallest absolute Gasteiger partial charge is 0.270 e. The Kier molecular flexibility index (Phi) is 6.48. The number of nitrogens with one attached hydrogen (secondary N) is 2. The Hall–Kier alpha value is -3.62. The van der Waals surface area contributed by atoms with Crippen molar-refractivity contribution in [1.29, 1.82) is 0 Å². The zero-order valence-electron chi connectivity index (χ0n) is 19.4. The van der Waals surface area contributed by atoms with E-state index < -0.39 is 11.8 Å². The number of hydrazine groups is 1. The van der Waals surface area contributed by atoms with Gasteiger partial charge in [-0.1, -0.05) is 13.3 Å². The van der Waals surface area contributed by atoms with Crippen molar-refractivity contribution in [1.82, 2.24) is 25.6 Å². The number of fused-ring (bicyclic) bond motifs is 1. The molecule has 9 heteroatoms. The number of hydrogen-bond acceptors (Lipinski definition) is 6. The van der Waals surface area contributed by atoms with E-state index in [4.69, 9.17) is 14.5 Å². The fourth-order valence-electron chi connectivity index (χ4n) is 3.74. The number of ether oxygens (including phenoxy) is 2. The van der Waals surface area contributed by atoms with Crippen LogP contribution in [-0.4, -0.2) is 40.3 Å². The number of aromatic nitrogens is 3. The lowest BCUT2D eigenvalue weighted by molar-refractivity contribution is 0.0847. The number of hydrogen-bond donors (Lipinski definition) is 2. The van der Waals surface area contributed by atoms with Gasteiger partial charge >= 0.3 is 0 Å². The van der Waals surface area contributed by atoms with Crippen molar-refractivity contribution in [2.45, 2.75) is 45.4 Å². The summed E-state index contributed by atoms with van der Waals surface area (Å²) in [4.78, 5) is 30.4. The van der Waals surface area contributed by atoms with E-state index >= 15 is 0 Å². The third-order valence-corrected chi connectivity index (χ3v) is 5.70. The molecule has 1 saturated carbocycles. The molecule has 2 aromatic heterocycles. The van der Waals surface area contributed by atoms with Crippen molar-refractivity contribution >= 4 is 22.8 Å². The molecule has 1 aliphatic carbocycles. The van der Waals surface area contributed by atoms with Crippen molar-refractivity contribution in [2.75, 3.05) is 13.7 Å². The minimum absolute atomic E-state index is 0.339. The van der Waals surface area contributed by atoms with Crippen LogP contribution in [-0.2, 0) is 7.05 Å². The summed E-state index contributed by atoms with van der Waals surface area (Å²) in [5.74, 6) is 0.528. The van der Waals surface area contributed by atoms with E-state index in [1.807, 2.05) is 20.0 Å². The van der Waals surface area contributed by atoms with Gasteiger partial charge in [0.25, 0.3) is 11.8 Å². The molecule has 1 aromatic carbocycles. The van der Waals surface area contributed by atoms with E-state index in [1.54, 1.807) is 22.9 Å². The molecule has 0 atom stereocenters. The molecular weight excluding hydrogens is 422 g/mol. The third-order valence-electron chi connectivity index (χ3n) is 5.70. The van der Waals surface area contributed by atoms with Gasteiger partial charge in [0, 0.05) is 24.2 Å². The summed E-state index contributed by atoms with van der Waals surface area (Å²) in [6.45, 7) is 4.50. The molecular formula is C24H29N5O4. The quantitative estimate of drug-likeness (QED) is 0.401. The summed E-state index contributed by atoms with van der Waals surface area (Å²) < 4.78 is 12.7. The molecule has 0 spiro atoms. The number of amides is 2. The van der Waals surface area contributed by atoms with Crippen molar-refractivity contribution in [2.24, 2.45) is 7.05 Å². The van der Waals surface area contributed by atoms with Gasteiger partial charge in [0.1, 0.15) is 0 Å². The first-order chi connectivity index (χ1) is 15.9. The molecule has 2 amide bonds. The Balaban J connectivity index is 1.50. The molecule has 4 rings (SSSR count). The lowest BCUT2D eigenvalue weighted by Gasteiger charge is -2.13. The highest BCUT2D eigenvalue weighted by atomic mass is 16.5. The van der Waals surface area contributed by atoms with Crippen LogP contribution in [0.5, 0.6) is 11.5 Å². The average molecular weight is 452 g/mol. The first-order valence-electron chi connectivity index (χ1n) is 11.2. The normalized spacial score (nSPS) is 13.1. The van der Waals surface area contributed by atoms with Crippen LogP contribution >= 0.6 is 0 Å². The molecule has 0 aliphatic heterocycles. The van der Waals surface area contributed by atoms with Gasteiger partial charge in [-0.25, -0.2) is 4.98 Å². The predicted octanol–water partition coefficient (Wildman–Crippen LogP) is 3.42. The van der Waals surface area contributed by atoms with Gasteiger partial charge in [-0.05, 0) is 50.5 Å². The molecule has 1 aliphatic rings. The van der Waals surface area contributed by atoms with Crippen LogP contribution in [0.15, 0.2) is 24.3 Å². The fraction of sp³-hybridized carbons (Fsp3) is 0.417. The predicted molar refractivity (Wildman–Crippen MR) is 124 cm³/mol. The van der Waals surface area contributed by atoms with Crippen LogP contribution in [0.2, 0.25) is 0 Å². The van der Waals surface area contributed by atoms with E-state index in [2.05, 4.69) is 22.9 Å². The first kappa shape index (κ1) is 22.6. The number of nitrogens with zero attached hydrogens (tertiary/aromatic N) is 3. The number of carbonyl (C=O) groups excluding carboxylic acids is 2. The Labute approximate surface area is 192 Å². The van der Waals surface area contributed by atoms with Crippen LogP contribution in [0.4, 0.5) is 0 Å². The molecule has 174 valence electrons. The first-order valence-corrected chi connectivity index (χ1v) is 11.2. The van der Waals surface area contributed by atoms with Gasteiger partial charge in [-0.3, -0.25) is 25.1 Å². The van der Waals surface area contributed by atoms with E-state index in [-0.39, 0.29) is 0 Å². The van der Waals surface area contributed by atoms with Gasteiger partial charge in [0.15, 0.2) is 17.1 Å². The summed E-state index contributed by atoms with van der Waals surface area (Å²) in [5.41, 5.74) is 8.07. The molecule has 2 N–H and O–H groups in total. The summed E-state index contributed by atoms with van der Waals surface area (Å²) >= 11 is 0. The number of aryl methyl sites for hydroxylation is 2. The molecule has 0 radical (unpaired) electrons. The summed E-state index contributed by atoms with van der Waals surface area (Å²) in [5, 5.41) is 5.10. The van der Waals surface area contributed by atoms with Crippen LogP contribution < -0.4 is 20.3 Å². The highest BCUT2D eigenvalue weighted by molar-refractivity contribution is 6.07. The number of carbonyl (C=O) groups is 2.